The lowest BCUT2D eigenvalue weighted by molar-refractivity contribution is 0.296. The van der Waals surface area contributed by atoms with Gasteiger partial charge in [-0.3, -0.25) is 4.79 Å². The molecule has 0 fully saturated rings. The van der Waals surface area contributed by atoms with Crippen LogP contribution in [0.5, 0.6) is 5.75 Å². The fourth-order valence-electron chi connectivity index (χ4n) is 3.10. The molecule has 136 valence electrons. The highest BCUT2D eigenvalue weighted by atomic mass is 16.5. The van der Waals surface area contributed by atoms with E-state index < -0.39 is 0 Å². The molecule has 4 heteroatoms. The van der Waals surface area contributed by atoms with Crippen molar-refractivity contribution in [3.8, 4) is 17.3 Å². The van der Waals surface area contributed by atoms with E-state index >= 15 is 0 Å². The van der Waals surface area contributed by atoms with Crippen molar-refractivity contribution in [2.75, 3.05) is 0 Å². The summed E-state index contributed by atoms with van der Waals surface area (Å²) < 4.78 is 17.4. The molecule has 0 atom stereocenters. The van der Waals surface area contributed by atoms with Gasteiger partial charge in [-0.1, -0.05) is 42.8 Å². The van der Waals surface area contributed by atoms with Gasteiger partial charge in [-0.25, -0.2) is 0 Å². The van der Waals surface area contributed by atoms with Crippen molar-refractivity contribution < 1.29 is 13.6 Å². The van der Waals surface area contributed by atoms with Crippen molar-refractivity contribution in [2.24, 2.45) is 0 Å². The molecule has 0 aliphatic heterocycles. The van der Waals surface area contributed by atoms with Crippen molar-refractivity contribution in [2.45, 2.75) is 26.9 Å². The number of benzene rings is 2. The van der Waals surface area contributed by atoms with Crippen LogP contribution in [0.2, 0.25) is 0 Å². The van der Waals surface area contributed by atoms with Gasteiger partial charge in [0.25, 0.3) is 0 Å². The highest BCUT2D eigenvalue weighted by molar-refractivity contribution is 5.81. The molecule has 2 heterocycles. The number of hydrogen-bond acceptors (Lipinski definition) is 4. The quantitative estimate of drug-likeness (QED) is 0.471. The van der Waals surface area contributed by atoms with Crippen LogP contribution in [0, 0.1) is 6.92 Å². The van der Waals surface area contributed by atoms with Crippen LogP contribution < -0.4 is 10.2 Å². The molecule has 0 saturated carbocycles. The molecule has 0 aliphatic carbocycles. The van der Waals surface area contributed by atoms with Crippen LogP contribution in [0.1, 0.15) is 23.6 Å². The summed E-state index contributed by atoms with van der Waals surface area (Å²) in [4.78, 5) is 13.2. The first-order valence-electron chi connectivity index (χ1n) is 8.97. The van der Waals surface area contributed by atoms with Crippen molar-refractivity contribution in [1.82, 2.24) is 0 Å². The SMILES string of the molecule is CCc1ccc2oc(-c3ccco3)c(OCc3cccc(C)c3)c(=O)c2c1. The van der Waals surface area contributed by atoms with Gasteiger partial charge in [-0.15, -0.1) is 0 Å². The predicted octanol–water partition coefficient (Wildman–Crippen LogP) is 5.50. The number of ether oxygens (including phenoxy) is 1. The zero-order valence-corrected chi connectivity index (χ0v) is 15.3. The fraction of sp³-hybridized carbons (Fsp3) is 0.174. The van der Waals surface area contributed by atoms with Gasteiger partial charge in [0.15, 0.2) is 5.76 Å². The third kappa shape index (κ3) is 3.38. The van der Waals surface area contributed by atoms with Gasteiger partial charge >= 0.3 is 0 Å². The summed E-state index contributed by atoms with van der Waals surface area (Å²) in [5.41, 5.74) is 3.53. The van der Waals surface area contributed by atoms with Gasteiger partial charge in [0, 0.05) is 0 Å². The Morgan fingerprint density at radius 2 is 1.89 bits per heavy atom. The molecule has 4 rings (SSSR count). The standard InChI is InChI=1S/C23H20O4/c1-3-16-9-10-19-18(13-16)21(24)23(22(27-19)20-8-5-11-25-20)26-14-17-7-4-6-15(2)12-17/h4-13H,3,14H2,1-2H3. The molecule has 0 saturated heterocycles. The zero-order chi connectivity index (χ0) is 18.8. The maximum atomic E-state index is 13.2. The first-order valence-corrected chi connectivity index (χ1v) is 8.97. The highest BCUT2D eigenvalue weighted by Crippen LogP contribution is 2.32. The maximum absolute atomic E-state index is 13.2. The number of rotatable bonds is 5. The molecule has 0 radical (unpaired) electrons. The minimum absolute atomic E-state index is 0.173. The molecule has 2 aromatic carbocycles. The second kappa shape index (κ2) is 7.16. The summed E-state index contributed by atoms with van der Waals surface area (Å²) in [6.45, 7) is 4.35. The summed E-state index contributed by atoms with van der Waals surface area (Å²) in [7, 11) is 0. The number of furan rings is 1. The predicted molar refractivity (Wildman–Crippen MR) is 105 cm³/mol. The van der Waals surface area contributed by atoms with E-state index in [0.717, 1.165) is 23.1 Å². The van der Waals surface area contributed by atoms with Crippen molar-refractivity contribution in [3.05, 3.63) is 87.8 Å². The minimum Gasteiger partial charge on any atom is -0.481 e. The van der Waals surface area contributed by atoms with Gasteiger partial charge in [0.05, 0.1) is 11.6 Å². The van der Waals surface area contributed by atoms with Gasteiger partial charge in [0.1, 0.15) is 12.2 Å². The Morgan fingerprint density at radius 1 is 1.00 bits per heavy atom. The third-order valence-electron chi connectivity index (χ3n) is 4.53. The van der Waals surface area contributed by atoms with Gasteiger partial charge in [-0.05, 0) is 48.7 Å². The summed E-state index contributed by atoms with van der Waals surface area (Å²) in [5.74, 6) is 0.953. The van der Waals surface area contributed by atoms with E-state index in [2.05, 4.69) is 6.92 Å². The Kier molecular flexibility index (Phi) is 4.55. The van der Waals surface area contributed by atoms with Crippen LogP contribution in [0.4, 0.5) is 0 Å². The van der Waals surface area contributed by atoms with Crippen molar-refractivity contribution in [1.29, 1.82) is 0 Å². The molecule has 2 aromatic heterocycles. The summed E-state index contributed by atoms with van der Waals surface area (Å²) in [6, 6.07) is 17.2. The van der Waals surface area contributed by atoms with Crippen LogP contribution in [-0.2, 0) is 13.0 Å². The van der Waals surface area contributed by atoms with Crippen LogP contribution in [0.25, 0.3) is 22.5 Å². The summed E-state index contributed by atoms with van der Waals surface area (Å²) >= 11 is 0. The average molecular weight is 360 g/mol. The molecule has 0 bridgehead atoms. The van der Waals surface area contributed by atoms with E-state index in [9.17, 15) is 4.79 Å². The van der Waals surface area contributed by atoms with Crippen LogP contribution in [-0.4, -0.2) is 0 Å². The normalized spacial score (nSPS) is 11.0. The van der Waals surface area contributed by atoms with Crippen molar-refractivity contribution >= 4 is 11.0 Å². The van der Waals surface area contributed by atoms with Crippen LogP contribution in [0.3, 0.4) is 0 Å². The average Bonchev–Trinajstić information content (AvgIpc) is 3.21. The molecule has 4 nitrogen and oxygen atoms in total. The van der Waals surface area contributed by atoms with Gasteiger partial charge in [0.2, 0.25) is 16.9 Å². The Labute approximate surface area is 157 Å². The Bertz CT molecular complexity index is 1140. The molecule has 0 aliphatic rings. The molecule has 27 heavy (non-hydrogen) atoms. The van der Waals surface area contributed by atoms with E-state index in [0.29, 0.717) is 22.5 Å². The molecule has 4 aromatic rings. The lowest BCUT2D eigenvalue weighted by Crippen LogP contribution is -2.10. The largest absolute Gasteiger partial charge is 0.481 e. The Hall–Kier alpha value is -3.27. The second-order valence-electron chi connectivity index (χ2n) is 6.53. The number of fused-ring (bicyclic) bond motifs is 1. The second-order valence-corrected chi connectivity index (χ2v) is 6.53. The lowest BCUT2D eigenvalue weighted by atomic mass is 10.1. The molecular weight excluding hydrogens is 340 g/mol. The molecule has 0 amide bonds. The van der Waals surface area contributed by atoms with Crippen molar-refractivity contribution in [3.63, 3.8) is 0 Å². The zero-order valence-electron chi connectivity index (χ0n) is 15.3. The molecular formula is C23H20O4. The number of hydrogen-bond donors (Lipinski definition) is 0. The number of aryl methyl sites for hydroxylation is 2. The van der Waals surface area contributed by atoms with E-state index in [1.165, 1.54) is 0 Å². The molecule has 0 unspecified atom stereocenters. The maximum Gasteiger partial charge on any atom is 0.235 e. The first kappa shape index (κ1) is 17.2. The topological polar surface area (TPSA) is 52.6 Å². The smallest absolute Gasteiger partial charge is 0.235 e. The Morgan fingerprint density at radius 3 is 2.63 bits per heavy atom. The fourth-order valence-corrected chi connectivity index (χ4v) is 3.10. The monoisotopic (exact) mass is 360 g/mol. The third-order valence-corrected chi connectivity index (χ3v) is 4.53. The summed E-state index contributed by atoms with van der Waals surface area (Å²) in [5, 5.41) is 0.517. The van der Waals surface area contributed by atoms with E-state index in [4.69, 9.17) is 13.6 Å². The van der Waals surface area contributed by atoms with E-state index in [1.807, 2.05) is 49.4 Å². The van der Waals surface area contributed by atoms with Crippen LogP contribution >= 0.6 is 0 Å². The van der Waals surface area contributed by atoms with Gasteiger partial charge < -0.3 is 13.6 Å². The first-order chi connectivity index (χ1) is 13.2. The highest BCUT2D eigenvalue weighted by Gasteiger charge is 2.20. The minimum atomic E-state index is -0.189. The Balaban J connectivity index is 1.83. The summed E-state index contributed by atoms with van der Waals surface area (Å²) in [6.07, 6.45) is 2.39. The molecule has 0 spiro atoms. The van der Waals surface area contributed by atoms with Crippen LogP contribution in [0.15, 0.2) is 74.5 Å². The molecule has 0 N–H and O–H groups in total. The van der Waals surface area contributed by atoms with E-state index in [-0.39, 0.29) is 17.8 Å². The van der Waals surface area contributed by atoms with Gasteiger partial charge in [-0.2, -0.15) is 0 Å². The lowest BCUT2D eigenvalue weighted by Gasteiger charge is -2.11. The van der Waals surface area contributed by atoms with E-state index in [1.54, 1.807) is 18.4 Å².